The molecule has 0 aromatic heterocycles. The lowest BCUT2D eigenvalue weighted by molar-refractivity contribution is -0.152. The molecular weight excluding hydrogens is 296 g/mol. The number of unbranched alkanes of at least 4 members (excludes halogenated alkanes) is 6. The van der Waals surface area contributed by atoms with Crippen molar-refractivity contribution in [2.45, 2.75) is 83.7 Å². The number of hydrogen-bond donors (Lipinski definition) is 0. The summed E-state index contributed by atoms with van der Waals surface area (Å²) in [5, 5.41) is 0. The summed E-state index contributed by atoms with van der Waals surface area (Å²) >= 11 is 0. The van der Waals surface area contributed by atoms with Crippen LogP contribution in [0.25, 0.3) is 0 Å². The molecule has 0 aromatic rings. The van der Waals surface area contributed by atoms with Gasteiger partial charge >= 0.3 is 11.9 Å². The van der Waals surface area contributed by atoms with Crippen LogP contribution in [0.2, 0.25) is 0 Å². The third kappa shape index (κ3) is 11.1. The predicted octanol–water partition coefficient (Wildman–Crippen LogP) is 3.78. The second-order valence-corrected chi connectivity index (χ2v) is 6.16. The lowest BCUT2D eigenvalue weighted by atomic mass is 10.1. The quantitative estimate of drug-likeness (QED) is 0.380. The summed E-state index contributed by atoms with van der Waals surface area (Å²) in [6.45, 7) is 3.70. The molecule has 1 aliphatic rings. The highest BCUT2D eigenvalue weighted by Crippen LogP contribution is 2.12. The normalized spacial score (nSPS) is 17.2. The molecule has 1 atom stereocenters. The Balaban J connectivity index is 1.88. The minimum atomic E-state index is -0.353. The number of carbonyl (C=O) groups excluding carboxylic acids is 2. The van der Waals surface area contributed by atoms with Crippen LogP contribution in [0.4, 0.5) is 0 Å². The molecule has 0 radical (unpaired) electrons. The van der Waals surface area contributed by atoms with E-state index in [0.717, 1.165) is 32.3 Å². The van der Waals surface area contributed by atoms with E-state index in [1.807, 2.05) is 0 Å². The Morgan fingerprint density at radius 3 is 2.26 bits per heavy atom. The van der Waals surface area contributed by atoms with Crippen molar-refractivity contribution in [3.05, 3.63) is 0 Å². The molecule has 0 aromatic carbocycles. The zero-order valence-corrected chi connectivity index (χ0v) is 14.5. The molecule has 23 heavy (non-hydrogen) atoms. The fourth-order valence-electron chi connectivity index (χ4n) is 2.56. The monoisotopic (exact) mass is 328 g/mol. The fraction of sp³-hybridized carbons (Fsp3) is 0.889. The number of carbonyl (C=O) groups is 2. The van der Waals surface area contributed by atoms with Crippen LogP contribution in [0.3, 0.4) is 0 Å². The van der Waals surface area contributed by atoms with E-state index in [4.69, 9.17) is 14.2 Å². The van der Waals surface area contributed by atoms with Gasteiger partial charge in [0, 0.05) is 6.61 Å². The van der Waals surface area contributed by atoms with Crippen LogP contribution in [0.1, 0.15) is 77.6 Å². The third-order valence-corrected chi connectivity index (χ3v) is 4.00. The lowest BCUT2D eigenvalue weighted by Crippen LogP contribution is -2.18. The largest absolute Gasteiger partial charge is 0.466 e. The van der Waals surface area contributed by atoms with Gasteiger partial charge in [0.2, 0.25) is 0 Å². The topological polar surface area (TPSA) is 61.8 Å². The van der Waals surface area contributed by atoms with E-state index in [-0.39, 0.29) is 30.9 Å². The molecule has 0 aliphatic carbocycles. The highest BCUT2D eigenvalue weighted by atomic mass is 16.6. The van der Waals surface area contributed by atoms with Gasteiger partial charge in [-0.2, -0.15) is 0 Å². The zero-order chi connectivity index (χ0) is 16.8. The summed E-state index contributed by atoms with van der Waals surface area (Å²) < 4.78 is 15.6. The molecule has 5 nitrogen and oxygen atoms in total. The SMILES string of the molecule is CCCCCCCCCOC(=O)CCC(=O)OCC1CCCO1. The molecule has 0 amide bonds. The van der Waals surface area contributed by atoms with E-state index in [1.165, 1.54) is 32.1 Å². The van der Waals surface area contributed by atoms with Crippen LogP contribution in [-0.2, 0) is 23.8 Å². The van der Waals surface area contributed by atoms with Crippen LogP contribution in [0.5, 0.6) is 0 Å². The Kier molecular flexibility index (Phi) is 11.6. The van der Waals surface area contributed by atoms with Crippen molar-refractivity contribution < 1.29 is 23.8 Å². The predicted molar refractivity (Wildman–Crippen MR) is 88.1 cm³/mol. The van der Waals surface area contributed by atoms with E-state index in [1.54, 1.807) is 0 Å². The second-order valence-electron chi connectivity index (χ2n) is 6.16. The zero-order valence-electron chi connectivity index (χ0n) is 14.5. The Hall–Kier alpha value is -1.10. The van der Waals surface area contributed by atoms with Crippen molar-refractivity contribution in [2.24, 2.45) is 0 Å². The molecule has 1 saturated heterocycles. The van der Waals surface area contributed by atoms with Crippen LogP contribution >= 0.6 is 0 Å². The summed E-state index contributed by atoms with van der Waals surface area (Å²) in [6.07, 6.45) is 10.5. The molecule has 134 valence electrons. The summed E-state index contributed by atoms with van der Waals surface area (Å²) in [5.41, 5.74) is 0. The molecule has 1 aliphatic heterocycles. The van der Waals surface area contributed by atoms with Gasteiger partial charge in [-0.1, -0.05) is 45.4 Å². The maximum Gasteiger partial charge on any atom is 0.306 e. The molecular formula is C18H32O5. The van der Waals surface area contributed by atoms with E-state index in [9.17, 15) is 9.59 Å². The first kappa shape index (κ1) is 19.9. The van der Waals surface area contributed by atoms with Gasteiger partial charge in [-0.3, -0.25) is 9.59 Å². The molecule has 1 unspecified atom stereocenters. The standard InChI is InChI=1S/C18H32O5/c1-2-3-4-5-6-7-8-13-22-17(19)11-12-18(20)23-15-16-10-9-14-21-16/h16H,2-15H2,1H3. The van der Waals surface area contributed by atoms with Crippen LogP contribution in [0.15, 0.2) is 0 Å². The average Bonchev–Trinajstić information content (AvgIpc) is 3.07. The number of ether oxygens (including phenoxy) is 3. The summed E-state index contributed by atoms with van der Waals surface area (Å²) in [6, 6.07) is 0. The van der Waals surface area contributed by atoms with Gasteiger partial charge in [-0.25, -0.2) is 0 Å². The third-order valence-electron chi connectivity index (χ3n) is 4.00. The molecule has 1 heterocycles. The summed E-state index contributed by atoms with van der Waals surface area (Å²) in [4.78, 5) is 23.0. The maximum absolute atomic E-state index is 11.5. The number of esters is 2. The summed E-state index contributed by atoms with van der Waals surface area (Å²) in [7, 11) is 0. The summed E-state index contributed by atoms with van der Waals surface area (Å²) in [5.74, 6) is -0.668. The van der Waals surface area contributed by atoms with Crippen molar-refractivity contribution in [2.75, 3.05) is 19.8 Å². The number of rotatable bonds is 13. The smallest absolute Gasteiger partial charge is 0.306 e. The number of hydrogen-bond acceptors (Lipinski definition) is 5. The Bertz CT molecular complexity index is 323. The van der Waals surface area contributed by atoms with Gasteiger partial charge in [-0.05, 0) is 19.3 Å². The molecule has 0 spiro atoms. The average molecular weight is 328 g/mol. The first-order valence-corrected chi connectivity index (χ1v) is 9.15. The van der Waals surface area contributed by atoms with Crippen molar-refractivity contribution >= 4 is 11.9 Å². The molecule has 1 fully saturated rings. The first-order chi connectivity index (χ1) is 11.2. The highest BCUT2D eigenvalue weighted by Gasteiger charge is 2.17. The van der Waals surface area contributed by atoms with E-state index < -0.39 is 0 Å². The van der Waals surface area contributed by atoms with Gasteiger partial charge in [0.25, 0.3) is 0 Å². The van der Waals surface area contributed by atoms with Crippen LogP contribution < -0.4 is 0 Å². The van der Waals surface area contributed by atoms with E-state index in [0.29, 0.717) is 13.2 Å². The van der Waals surface area contributed by atoms with Crippen LogP contribution in [-0.4, -0.2) is 37.9 Å². The van der Waals surface area contributed by atoms with Gasteiger partial charge in [0.05, 0.1) is 25.6 Å². The Labute approximate surface area is 140 Å². The Morgan fingerprint density at radius 2 is 1.61 bits per heavy atom. The van der Waals surface area contributed by atoms with Gasteiger partial charge in [-0.15, -0.1) is 0 Å². The minimum absolute atomic E-state index is 0.0308. The molecule has 1 rings (SSSR count). The maximum atomic E-state index is 11.5. The van der Waals surface area contributed by atoms with E-state index >= 15 is 0 Å². The van der Waals surface area contributed by atoms with Crippen molar-refractivity contribution in [3.8, 4) is 0 Å². The Morgan fingerprint density at radius 1 is 0.957 bits per heavy atom. The van der Waals surface area contributed by atoms with Crippen molar-refractivity contribution in [3.63, 3.8) is 0 Å². The molecule has 0 bridgehead atoms. The minimum Gasteiger partial charge on any atom is -0.466 e. The molecule has 0 N–H and O–H groups in total. The highest BCUT2D eigenvalue weighted by molar-refractivity contribution is 5.77. The second kappa shape index (κ2) is 13.3. The van der Waals surface area contributed by atoms with Crippen LogP contribution in [0, 0.1) is 0 Å². The first-order valence-electron chi connectivity index (χ1n) is 9.15. The molecule has 0 saturated carbocycles. The van der Waals surface area contributed by atoms with Gasteiger partial charge in [0.1, 0.15) is 6.61 Å². The van der Waals surface area contributed by atoms with Crippen molar-refractivity contribution in [1.82, 2.24) is 0 Å². The molecule has 5 heteroatoms. The lowest BCUT2D eigenvalue weighted by Gasteiger charge is -2.10. The van der Waals surface area contributed by atoms with Crippen molar-refractivity contribution in [1.29, 1.82) is 0 Å². The van der Waals surface area contributed by atoms with Gasteiger partial charge in [0.15, 0.2) is 0 Å². The fourth-order valence-corrected chi connectivity index (χ4v) is 2.56. The van der Waals surface area contributed by atoms with Gasteiger partial charge < -0.3 is 14.2 Å². The van der Waals surface area contributed by atoms with E-state index in [2.05, 4.69) is 6.92 Å².